The summed E-state index contributed by atoms with van der Waals surface area (Å²) in [5, 5.41) is 2.92. The average Bonchev–Trinajstić information content (AvgIpc) is 2.88. The molecule has 1 unspecified atom stereocenters. The second-order valence-corrected chi connectivity index (χ2v) is 5.27. The van der Waals surface area contributed by atoms with Crippen molar-refractivity contribution in [2.45, 2.75) is 19.8 Å². The van der Waals surface area contributed by atoms with Gasteiger partial charge >= 0.3 is 0 Å². The lowest BCUT2D eigenvalue weighted by molar-refractivity contribution is 0.0940. The highest BCUT2D eigenvalue weighted by Crippen LogP contribution is 2.09. The first-order chi connectivity index (χ1) is 9.15. The van der Waals surface area contributed by atoms with E-state index in [4.69, 9.17) is 5.73 Å². The lowest BCUT2D eigenvalue weighted by Gasteiger charge is -2.20. The summed E-state index contributed by atoms with van der Waals surface area (Å²) in [5.41, 5.74) is 5.95. The van der Waals surface area contributed by atoms with E-state index in [1.807, 2.05) is 0 Å². The zero-order valence-electron chi connectivity index (χ0n) is 11.4. The van der Waals surface area contributed by atoms with Gasteiger partial charge in [0.15, 0.2) is 0 Å². The summed E-state index contributed by atoms with van der Waals surface area (Å²) in [4.78, 5) is 18.4. The van der Waals surface area contributed by atoms with E-state index >= 15 is 0 Å². The normalized spacial score (nSPS) is 17.3. The van der Waals surface area contributed by atoms with Crippen LogP contribution >= 0.6 is 0 Å². The number of carbonyl (C=O) groups excluding carboxylic acids is 1. The van der Waals surface area contributed by atoms with Crippen LogP contribution in [0.2, 0.25) is 0 Å². The highest BCUT2D eigenvalue weighted by Gasteiger charge is 2.15. The molecule has 1 aromatic rings. The molecule has 1 aliphatic rings. The van der Waals surface area contributed by atoms with Gasteiger partial charge in [0.1, 0.15) is 11.5 Å². The lowest BCUT2D eigenvalue weighted by Crippen LogP contribution is -2.34. The van der Waals surface area contributed by atoms with Gasteiger partial charge in [0, 0.05) is 13.1 Å². The molecule has 2 heterocycles. The van der Waals surface area contributed by atoms with Crippen LogP contribution in [0.1, 0.15) is 30.3 Å². The van der Waals surface area contributed by atoms with Gasteiger partial charge < -0.3 is 16.0 Å². The van der Waals surface area contributed by atoms with Gasteiger partial charge in [0.25, 0.3) is 5.91 Å². The second kappa shape index (κ2) is 6.52. The molecule has 5 nitrogen and oxygen atoms in total. The number of anilines is 1. The third kappa shape index (κ3) is 4.21. The molecule has 3 N–H and O–H groups in total. The van der Waals surface area contributed by atoms with E-state index in [0.29, 0.717) is 24.0 Å². The van der Waals surface area contributed by atoms with Crippen LogP contribution in [0.25, 0.3) is 0 Å². The number of nitrogen functional groups attached to an aromatic ring is 1. The Kier molecular flexibility index (Phi) is 4.74. The summed E-state index contributed by atoms with van der Waals surface area (Å²) < 4.78 is 0. The van der Waals surface area contributed by atoms with Crippen molar-refractivity contribution in [3.63, 3.8) is 0 Å². The van der Waals surface area contributed by atoms with Gasteiger partial charge in [-0.2, -0.15) is 0 Å². The largest absolute Gasteiger partial charge is 0.384 e. The molecular formula is C14H22N4O. The molecule has 1 saturated heterocycles. The van der Waals surface area contributed by atoms with Crippen molar-refractivity contribution in [1.82, 2.24) is 15.2 Å². The molecule has 0 radical (unpaired) electrons. The number of hydrogen-bond donors (Lipinski definition) is 2. The van der Waals surface area contributed by atoms with E-state index < -0.39 is 0 Å². The van der Waals surface area contributed by atoms with Gasteiger partial charge in [0.05, 0.1) is 0 Å². The van der Waals surface area contributed by atoms with Crippen molar-refractivity contribution in [2.24, 2.45) is 5.92 Å². The van der Waals surface area contributed by atoms with Crippen LogP contribution in [-0.4, -0.2) is 42.0 Å². The van der Waals surface area contributed by atoms with Crippen LogP contribution in [-0.2, 0) is 0 Å². The fourth-order valence-corrected chi connectivity index (χ4v) is 2.41. The number of likely N-dealkylation sites (tertiary alicyclic amines) is 1. The minimum Gasteiger partial charge on any atom is -0.384 e. The maximum atomic E-state index is 11.9. The molecule has 0 bridgehead atoms. The van der Waals surface area contributed by atoms with Gasteiger partial charge in [-0.05, 0) is 44.0 Å². The molecule has 2 rings (SSSR count). The number of rotatable bonds is 5. The summed E-state index contributed by atoms with van der Waals surface area (Å²) in [6, 6.07) is 5.09. The molecule has 0 spiro atoms. The van der Waals surface area contributed by atoms with E-state index in [-0.39, 0.29) is 5.91 Å². The number of nitrogens with one attached hydrogen (secondary N) is 1. The standard InChI is InChI=1S/C14H22N4O/c1-11(10-18-7-2-3-8-18)9-16-14(19)12-5-4-6-13(15)17-12/h4-6,11H,2-3,7-10H2,1H3,(H2,15,17)(H,16,19). The lowest BCUT2D eigenvalue weighted by atomic mass is 10.1. The van der Waals surface area contributed by atoms with Gasteiger partial charge in [-0.1, -0.05) is 13.0 Å². The zero-order chi connectivity index (χ0) is 13.7. The monoisotopic (exact) mass is 262 g/mol. The second-order valence-electron chi connectivity index (χ2n) is 5.27. The molecule has 5 heteroatoms. The first-order valence-corrected chi connectivity index (χ1v) is 6.88. The van der Waals surface area contributed by atoms with Crippen molar-refractivity contribution in [3.8, 4) is 0 Å². The number of pyridine rings is 1. The molecule has 1 aromatic heterocycles. The Labute approximate surface area is 114 Å². The van der Waals surface area contributed by atoms with E-state index in [0.717, 1.165) is 6.54 Å². The fraction of sp³-hybridized carbons (Fsp3) is 0.571. The number of hydrogen-bond acceptors (Lipinski definition) is 4. The van der Waals surface area contributed by atoms with Crippen molar-refractivity contribution < 1.29 is 4.79 Å². The highest BCUT2D eigenvalue weighted by molar-refractivity contribution is 5.92. The molecule has 1 amide bonds. The Morgan fingerprint density at radius 3 is 2.89 bits per heavy atom. The molecule has 1 aliphatic heterocycles. The van der Waals surface area contributed by atoms with Crippen LogP contribution < -0.4 is 11.1 Å². The number of nitrogens with zero attached hydrogens (tertiary/aromatic N) is 2. The summed E-state index contributed by atoms with van der Waals surface area (Å²) in [6.45, 7) is 6.26. The van der Waals surface area contributed by atoms with Gasteiger partial charge in [-0.3, -0.25) is 4.79 Å². The molecule has 1 atom stereocenters. The van der Waals surface area contributed by atoms with Crippen LogP contribution in [0.15, 0.2) is 18.2 Å². The fourth-order valence-electron chi connectivity index (χ4n) is 2.41. The summed E-state index contributed by atoms with van der Waals surface area (Å²) in [6.07, 6.45) is 2.60. The Morgan fingerprint density at radius 1 is 1.47 bits per heavy atom. The van der Waals surface area contributed by atoms with E-state index in [1.54, 1.807) is 18.2 Å². The van der Waals surface area contributed by atoms with Crippen molar-refractivity contribution >= 4 is 11.7 Å². The topological polar surface area (TPSA) is 71.2 Å². The summed E-state index contributed by atoms with van der Waals surface area (Å²) in [5.74, 6) is 0.668. The molecular weight excluding hydrogens is 240 g/mol. The van der Waals surface area contributed by atoms with Crippen LogP contribution in [0.4, 0.5) is 5.82 Å². The molecule has 0 saturated carbocycles. The quantitative estimate of drug-likeness (QED) is 0.834. The van der Waals surface area contributed by atoms with Crippen LogP contribution in [0, 0.1) is 5.92 Å². The van der Waals surface area contributed by atoms with Gasteiger partial charge in [-0.25, -0.2) is 4.98 Å². The third-order valence-corrected chi connectivity index (χ3v) is 3.38. The minimum absolute atomic E-state index is 0.152. The predicted molar refractivity (Wildman–Crippen MR) is 75.8 cm³/mol. The summed E-state index contributed by atoms with van der Waals surface area (Å²) in [7, 11) is 0. The summed E-state index contributed by atoms with van der Waals surface area (Å²) >= 11 is 0. The smallest absolute Gasteiger partial charge is 0.269 e. The SMILES string of the molecule is CC(CNC(=O)c1cccc(N)n1)CN1CCCC1. The Hall–Kier alpha value is -1.62. The van der Waals surface area contributed by atoms with Crippen molar-refractivity contribution in [1.29, 1.82) is 0 Å². The number of carbonyl (C=O) groups is 1. The highest BCUT2D eigenvalue weighted by atomic mass is 16.1. The number of aromatic nitrogens is 1. The van der Waals surface area contributed by atoms with Crippen molar-refractivity contribution in [2.75, 3.05) is 31.9 Å². The van der Waals surface area contributed by atoms with E-state index in [9.17, 15) is 4.79 Å². The number of nitrogens with two attached hydrogens (primary N) is 1. The molecule has 0 aromatic carbocycles. The zero-order valence-corrected chi connectivity index (χ0v) is 11.4. The van der Waals surface area contributed by atoms with Gasteiger partial charge in [0.2, 0.25) is 0 Å². The predicted octanol–water partition coefficient (Wildman–Crippen LogP) is 1.13. The Balaban J connectivity index is 1.76. The number of amides is 1. The van der Waals surface area contributed by atoms with E-state index in [2.05, 4.69) is 22.1 Å². The Bertz CT molecular complexity index is 429. The van der Waals surface area contributed by atoms with Crippen LogP contribution in [0.5, 0.6) is 0 Å². The average molecular weight is 262 g/mol. The molecule has 19 heavy (non-hydrogen) atoms. The maximum absolute atomic E-state index is 11.9. The molecule has 104 valence electrons. The van der Waals surface area contributed by atoms with E-state index in [1.165, 1.54) is 25.9 Å². The molecule has 0 aliphatic carbocycles. The van der Waals surface area contributed by atoms with Gasteiger partial charge in [-0.15, -0.1) is 0 Å². The van der Waals surface area contributed by atoms with Crippen LogP contribution in [0.3, 0.4) is 0 Å². The minimum atomic E-state index is -0.152. The maximum Gasteiger partial charge on any atom is 0.269 e. The van der Waals surface area contributed by atoms with Crippen molar-refractivity contribution in [3.05, 3.63) is 23.9 Å². The Morgan fingerprint density at radius 2 is 2.21 bits per heavy atom. The molecule has 1 fully saturated rings. The first-order valence-electron chi connectivity index (χ1n) is 6.88. The third-order valence-electron chi connectivity index (χ3n) is 3.38. The first kappa shape index (κ1) is 13.8.